The zero-order valence-corrected chi connectivity index (χ0v) is 5.85. The number of hydrogen-bond acceptors (Lipinski definition) is 0. The van der Waals surface area contributed by atoms with Crippen LogP contribution in [0.5, 0.6) is 0 Å². The minimum absolute atomic E-state index is 0.172. The predicted molar refractivity (Wildman–Crippen MR) is 21.2 cm³/mol. The van der Waals surface area contributed by atoms with Gasteiger partial charge in [0.15, 0.2) is 0 Å². The Kier molecular flexibility index (Phi) is 3.54. The molecule has 0 aliphatic carbocycles. The Morgan fingerprint density at radius 3 is 1.50 bits per heavy atom. The quantitative estimate of drug-likeness (QED) is 0.408. The monoisotopic (exact) mass is 204 g/mol. The second kappa shape index (κ2) is 2.63. The second-order valence-corrected chi connectivity index (χ2v) is 4.67. The molecule has 0 atom stereocenters. The van der Waals surface area contributed by atoms with E-state index in [2.05, 4.69) is 0 Å². The Hall–Kier alpha value is 1.40. The van der Waals surface area contributed by atoms with Crippen molar-refractivity contribution in [2.24, 2.45) is 0 Å². The van der Waals surface area contributed by atoms with Gasteiger partial charge in [-0.3, -0.25) is 0 Å². The van der Waals surface area contributed by atoms with E-state index < -0.39 is 0 Å². The molecule has 24 valence electrons. The summed E-state index contributed by atoms with van der Waals surface area (Å²) in [6.07, 6.45) is 0. The maximum atomic E-state index is 5.06. The first-order valence-corrected chi connectivity index (χ1v) is 3.04. The fourth-order valence-corrected chi connectivity index (χ4v) is 0. The van der Waals surface area contributed by atoms with Crippen molar-refractivity contribution in [3.8, 4) is 0 Å². The van der Waals surface area contributed by atoms with Crippen molar-refractivity contribution in [1.29, 1.82) is 0 Å². The van der Waals surface area contributed by atoms with E-state index in [9.17, 15) is 0 Å². The summed E-state index contributed by atoms with van der Waals surface area (Å²) in [5, 5.41) is 0. The molecule has 2 radical (unpaired) electrons. The molecule has 4 heavy (non-hydrogen) atoms. The Bertz CT molecular complexity index is 10.8. The van der Waals surface area contributed by atoms with E-state index in [1.807, 2.05) is 0 Å². The molecule has 0 N–H and O–H groups in total. The molecular weight excluding hydrogens is 205 g/mol. The first-order valence-electron chi connectivity index (χ1n) is 0.695. The third-order valence-electron chi connectivity index (χ3n) is 0. The molecule has 0 nitrogen and oxygen atoms in total. The van der Waals surface area contributed by atoms with Gasteiger partial charge in [0.1, 0.15) is 0 Å². The molecule has 0 aromatic carbocycles. The molecule has 0 bridgehead atoms. The van der Waals surface area contributed by atoms with Crippen LogP contribution >= 0.6 is 23.2 Å². The van der Waals surface area contributed by atoms with Gasteiger partial charge in [-0.05, 0) is 0 Å². The summed E-state index contributed by atoms with van der Waals surface area (Å²) in [6, 6.07) is 0. The summed E-state index contributed by atoms with van der Waals surface area (Å²) in [6.45, 7) is 0. The van der Waals surface area contributed by atoms with E-state index in [4.69, 9.17) is 23.2 Å². The van der Waals surface area contributed by atoms with E-state index >= 15 is 0 Å². The van der Waals surface area contributed by atoms with Gasteiger partial charge in [-0.25, -0.2) is 0 Å². The number of rotatable bonds is 0. The Balaban J connectivity index is 2.32. The van der Waals surface area contributed by atoms with Crippen LogP contribution in [0.25, 0.3) is 0 Å². The van der Waals surface area contributed by atoms with Gasteiger partial charge < -0.3 is 0 Å². The minimum atomic E-state index is -0.172. The third kappa shape index (κ3) is 10.00. The van der Waals surface area contributed by atoms with Crippen LogP contribution in [0, 0.1) is 0 Å². The third-order valence-corrected chi connectivity index (χ3v) is 0. The van der Waals surface area contributed by atoms with Crippen LogP contribution in [0.3, 0.4) is 0 Å². The Labute approximate surface area is 49.0 Å². The molecule has 0 aromatic rings. The van der Waals surface area contributed by atoms with Crippen LogP contribution in [0.4, 0.5) is 0 Å². The average Bonchev–Trinajstić information content (AvgIpc) is 0.811. The molecule has 0 saturated heterocycles. The van der Waals surface area contributed by atoms with Gasteiger partial charge in [0, 0.05) is 0 Å². The van der Waals surface area contributed by atoms with Crippen LogP contribution in [0.1, 0.15) is 0 Å². The molecule has 0 spiro atoms. The van der Waals surface area contributed by atoms with Gasteiger partial charge in [0.2, 0.25) is 0 Å². The average molecular weight is 206 g/mol. The van der Waals surface area contributed by atoms with Crippen molar-refractivity contribution < 1.29 is 0 Å². The summed E-state index contributed by atoms with van der Waals surface area (Å²) in [5.41, 5.74) is 0. The molecule has 0 unspecified atom stereocenters. The standard InChI is InChI=1S/CHCl2.Sb/c2-1-3;/h1H;. The molecule has 0 aliphatic rings. The molecular formula is CHCl2Sb. The van der Waals surface area contributed by atoms with Gasteiger partial charge in [-0.15, -0.1) is 0 Å². The van der Waals surface area contributed by atoms with E-state index in [-0.39, 0.29) is 2.78 Å². The summed E-state index contributed by atoms with van der Waals surface area (Å²) in [5.74, 6) is 0. The van der Waals surface area contributed by atoms with Crippen molar-refractivity contribution in [3.05, 3.63) is 0 Å². The van der Waals surface area contributed by atoms with Gasteiger partial charge in [0.05, 0.1) is 0 Å². The normalized spacial score (nSPS) is 9.00. The fourth-order valence-electron chi connectivity index (χ4n) is 0. The second-order valence-electron chi connectivity index (χ2n) is 0.278. The molecule has 0 heterocycles. The summed E-state index contributed by atoms with van der Waals surface area (Å²) in [4.78, 5) is 0. The molecule has 0 rings (SSSR count). The Morgan fingerprint density at radius 1 is 1.50 bits per heavy atom. The molecule has 0 fully saturated rings. The topological polar surface area (TPSA) is 0 Å². The van der Waals surface area contributed by atoms with E-state index in [1.165, 1.54) is 23.0 Å². The maximum absolute atomic E-state index is 5.06. The zero-order valence-electron chi connectivity index (χ0n) is 1.78. The van der Waals surface area contributed by atoms with Gasteiger partial charge >= 0.3 is 49.0 Å². The van der Waals surface area contributed by atoms with Crippen molar-refractivity contribution >= 4 is 46.2 Å². The molecule has 0 aromatic heterocycles. The first kappa shape index (κ1) is 5.40. The SMILES string of the molecule is Cl[CH](Cl)[Sb]. The van der Waals surface area contributed by atoms with E-state index in [0.29, 0.717) is 0 Å². The number of halogens is 2. The van der Waals surface area contributed by atoms with E-state index in [0.717, 1.165) is 0 Å². The summed E-state index contributed by atoms with van der Waals surface area (Å²) in [7, 11) is 0. The zero-order chi connectivity index (χ0) is 3.58. The van der Waals surface area contributed by atoms with Gasteiger partial charge in [-0.2, -0.15) is 0 Å². The van der Waals surface area contributed by atoms with E-state index in [1.54, 1.807) is 0 Å². The molecule has 0 amide bonds. The van der Waals surface area contributed by atoms with Crippen LogP contribution in [0.2, 0.25) is 0 Å². The summed E-state index contributed by atoms with van der Waals surface area (Å²) < 4.78 is -0.172. The van der Waals surface area contributed by atoms with Crippen LogP contribution in [0.15, 0.2) is 0 Å². The Morgan fingerprint density at radius 2 is 1.50 bits per heavy atom. The fraction of sp³-hybridized carbons (Fsp3) is 1.00. The van der Waals surface area contributed by atoms with Crippen molar-refractivity contribution in [2.75, 3.05) is 0 Å². The van der Waals surface area contributed by atoms with Crippen molar-refractivity contribution in [2.45, 2.75) is 2.78 Å². The number of alkyl halides is 2. The molecule has 0 saturated carbocycles. The van der Waals surface area contributed by atoms with Crippen molar-refractivity contribution in [1.82, 2.24) is 0 Å². The summed E-state index contributed by atoms with van der Waals surface area (Å²) >= 11 is 11.5. The van der Waals surface area contributed by atoms with Crippen LogP contribution in [-0.2, 0) is 0 Å². The first-order chi connectivity index (χ1) is 1.73. The molecule has 0 aliphatic heterocycles. The van der Waals surface area contributed by atoms with Gasteiger partial charge in [0.25, 0.3) is 0 Å². The number of hydrogen-bond donors (Lipinski definition) is 0. The molecule has 3 heteroatoms. The van der Waals surface area contributed by atoms with Crippen LogP contribution in [-0.4, -0.2) is 25.8 Å². The van der Waals surface area contributed by atoms with Crippen LogP contribution < -0.4 is 0 Å². The predicted octanol–water partition coefficient (Wildman–Crippen LogP) is 0.916. The van der Waals surface area contributed by atoms with Gasteiger partial charge in [-0.1, -0.05) is 0 Å². The van der Waals surface area contributed by atoms with Crippen molar-refractivity contribution in [3.63, 3.8) is 0 Å².